The van der Waals surface area contributed by atoms with Gasteiger partial charge in [-0.2, -0.15) is 5.26 Å². The summed E-state index contributed by atoms with van der Waals surface area (Å²) in [6, 6.07) is 4.56. The third-order valence-corrected chi connectivity index (χ3v) is 4.35. The molecule has 0 saturated carbocycles. The third kappa shape index (κ3) is 2.79. The fraction of sp³-hybridized carbons (Fsp3) is 0.294. The average molecular weight is 371 g/mol. The first-order valence-electron chi connectivity index (χ1n) is 8.01. The van der Waals surface area contributed by atoms with Crippen molar-refractivity contribution in [2.45, 2.75) is 25.7 Å². The molecule has 140 valence electrons. The van der Waals surface area contributed by atoms with Crippen LogP contribution in [-0.2, 0) is 0 Å². The highest BCUT2D eigenvalue weighted by atomic mass is 16.6. The Kier molecular flexibility index (Phi) is 4.37. The van der Waals surface area contributed by atoms with E-state index in [1.807, 2.05) is 19.9 Å². The minimum atomic E-state index is -0.787. The number of phenols is 1. The van der Waals surface area contributed by atoms with Crippen molar-refractivity contribution in [3.63, 3.8) is 0 Å². The van der Waals surface area contributed by atoms with E-state index in [1.165, 1.54) is 19.2 Å². The van der Waals surface area contributed by atoms with E-state index in [9.17, 15) is 20.5 Å². The molecular formula is C17H17N5O5. The molecule has 1 atom stereocenters. The molecule has 4 N–H and O–H groups in total. The van der Waals surface area contributed by atoms with Gasteiger partial charge in [-0.15, -0.1) is 5.10 Å². The number of aromatic nitrogens is 2. The first kappa shape index (κ1) is 18.1. The zero-order valence-corrected chi connectivity index (χ0v) is 14.8. The maximum Gasteiger partial charge on any atom is 0.315 e. The highest BCUT2D eigenvalue weighted by molar-refractivity contribution is 5.63. The van der Waals surface area contributed by atoms with Crippen LogP contribution in [0.15, 0.2) is 23.6 Å². The molecule has 0 aliphatic carbocycles. The molecular weight excluding hydrogens is 354 g/mol. The van der Waals surface area contributed by atoms with Crippen LogP contribution in [-0.4, -0.2) is 27.3 Å². The zero-order valence-electron chi connectivity index (χ0n) is 14.8. The van der Waals surface area contributed by atoms with Gasteiger partial charge >= 0.3 is 5.69 Å². The molecule has 1 aliphatic heterocycles. The van der Waals surface area contributed by atoms with Crippen molar-refractivity contribution < 1.29 is 19.5 Å². The lowest BCUT2D eigenvalue weighted by molar-refractivity contribution is -0.385. The molecule has 27 heavy (non-hydrogen) atoms. The molecule has 0 radical (unpaired) electrons. The second kappa shape index (κ2) is 6.53. The number of ether oxygens (including phenoxy) is 2. The van der Waals surface area contributed by atoms with Gasteiger partial charge < -0.3 is 20.3 Å². The first-order valence-corrected chi connectivity index (χ1v) is 8.01. The molecule has 3 rings (SSSR count). The first-order chi connectivity index (χ1) is 12.8. The maximum atomic E-state index is 11.4. The van der Waals surface area contributed by atoms with Gasteiger partial charge in [-0.3, -0.25) is 15.2 Å². The number of nitrogens with one attached hydrogen (secondary N) is 1. The lowest BCUT2D eigenvalue weighted by Crippen LogP contribution is -2.21. The normalized spacial score (nSPS) is 15.9. The molecule has 1 aromatic heterocycles. The lowest BCUT2D eigenvalue weighted by Gasteiger charge is -2.25. The Hall–Kier alpha value is -3.74. The van der Waals surface area contributed by atoms with Crippen molar-refractivity contribution in [3.8, 4) is 23.4 Å². The number of nitrogens with zero attached hydrogens (tertiary/aromatic N) is 3. The second-order valence-corrected chi connectivity index (χ2v) is 6.29. The van der Waals surface area contributed by atoms with Gasteiger partial charge in [-0.1, -0.05) is 13.8 Å². The van der Waals surface area contributed by atoms with Crippen molar-refractivity contribution in [2.75, 3.05) is 7.11 Å². The monoisotopic (exact) mass is 371 g/mol. The molecule has 0 saturated heterocycles. The summed E-state index contributed by atoms with van der Waals surface area (Å²) < 4.78 is 10.4. The fourth-order valence-corrected chi connectivity index (χ4v) is 3.17. The van der Waals surface area contributed by atoms with E-state index in [-0.39, 0.29) is 29.0 Å². The molecule has 0 spiro atoms. The van der Waals surface area contributed by atoms with Crippen LogP contribution in [0, 0.1) is 21.4 Å². The van der Waals surface area contributed by atoms with E-state index in [0.717, 1.165) is 0 Å². The minimum Gasteiger partial charge on any atom is -0.504 e. The number of nitrogens with two attached hydrogens (primary N) is 1. The summed E-state index contributed by atoms with van der Waals surface area (Å²) in [5.74, 6) is -1.41. The van der Waals surface area contributed by atoms with Crippen LogP contribution >= 0.6 is 0 Å². The third-order valence-electron chi connectivity index (χ3n) is 4.35. The van der Waals surface area contributed by atoms with Crippen LogP contribution < -0.4 is 15.2 Å². The Bertz CT molecular complexity index is 1000. The Morgan fingerprint density at radius 1 is 1.52 bits per heavy atom. The number of aromatic hydroxyl groups is 1. The largest absolute Gasteiger partial charge is 0.504 e. The standard InChI is InChI=1S/C17H17N5O5/c1-7(2)14-13-12(9(6-18)16(19)27-17(13)21-20-14)8-4-10(22(24)25)15(26-3)11(23)5-8/h4-5,7,12,23H,19H2,1-3H3,(H,20,21). The molecule has 2 aromatic rings. The number of rotatable bonds is 4. The van der Waals surface area contributed by atoms with Gasteiger partial charge in [-0.05, 0) is 17.5 Å². The van der Waals surface area contributed by atoms with Crippen LogP contribution in [0.2, 0.25) is 0 Å². The Morgan fingerprint density at radius 2 is 2.22 bits per heavy atom. The van der Waals surface area contributed by atoms with Crippen molar-refractivity contribution in [1.82, 2.24) is 10.2 Å². The van der Waals surface area contributed by atoms with Gasteiger partial charge in [0.1, 0.15) is 11.6 Å². The zero-order chi connectivity index (χ0) is 19.9. The van der Waals surface area contributed by atoms with Crippen LogP contribution in [0.3, 0.4) is 0 Å². The smallest absolute Gasteiger partial charge is 0.315 e. The molecule has 10 nitrogen and oxygen atoms in total. The van der Waals surface area contributed by atoms with E-state index in [1.54, 1.807) is 0 Å². The highest BCUT2D eigenvalue weighted by Gasteiger charge is 2.37. The van der Waals surface area contributed by atoms with E-state index in [0.29, 0.717) is 16.8 Å². The van der Waals surface area contributed by atoms with Crippen LogP contribution in [0.5, 0.6) is 17.4 Å². The van der Waals surface area contributed by atoms with Crippen molar-refractivity contribution in [3.05, 3.63) is 50.5 Å². The number of nitro benzene ring substituents is 1. The van der Waals surface area contributed by atoms with Crippen LogP contribution in [0.4, 0.5) is 5.69 Å². The number of benzene rings is 1. The molecule has 10 heteroatoms. The number of H-pyrrole nitrogens is 1. The molecule has 0 fully saturated rings. The number of methoxy groups -OCH3 is 1. The Balaban J connectivity index is 2.32. The van der Waals surface area contributed by atoms with E-state index in [4.69, 9.17) is 15.2 Å². The summed E-state index contributed by atoms with van der Waals surface area (Å²) >= 11 is 0. The Labute approximate surface area is 154 Å². The molecule has 1 aliphatic rings. The molecule has 0 amide bonds. The predicted molar refractivity (Wildman–Crippen MR) is 93.3 cm³/mol. The van der Waals surface area contributed by atoms with E-state index in [2.05, 4.69) is 10.2 Å². The quantitative estimate of drug-likeness (QED) is 0.545. The molecule has 1 aromatic carbocycles. The molecule has 2 heterocycles. The van der Waals surface area contributed by atoms with Gasteiger partial charge in [0.25, 0.3) is 0 Å². The topological polar surface area (TPSA) is 160 Å². The summed E-state index contributed by atoms with van der Waals surface area (Å²) in [6.07, 6.45) is 0. The number of fused-ring (bicyclic) bond motifs is 1. The summed E-state index contributed by atoms with van der Waals surface area (Å²) in [5, 5.41) is 38.2. The number of hydrogen-bond acceptors (Lipinski definition) is 8. The van der Waals surface area contributed by atoms with E-state index < -0.39 is 22.3 Å². The van der Waals surface area contributed by atoms with E-state index >= 15 is 0 Å². The number of nitriles is 1. The summed E-state index contributed by atoms with van der Waals surface area (Å²) in [7, 11) is 1.22. The van der Waals surface area contributed by atoms with Gasteiger partial charge in [0.2, 0.25) is 17.5 Å². The number of allylic oxidation sites excluding steroid dienone is 1. The minimum absolute atomic E-state index is 0.00782. The van der Waals surface area contributed by atoms with Crippen LogP contribution in [0.1, 0.15) is 42.5 Å². The number of aromatic amines is 1. The Morgan fingerprint density at radius 3 is 2.78 bits per heavy atom. The summed E-state index contributed by atoms with van der Waals surface area (Å²) in [6.45, 7) is 3.85. The number of nitro groups is 1. The van der Waals surface area contributed by atoms with Crippen LogP contribution in [0.25, 0.3) is 0 Å². The number of hydrogen-bond donors (Lipinski definition) is 3. The van der Waals surface area contributed by atoms with Crippen molar-refractivity contribution in [2.24, 2.45) is 5.73 Å². The average Bonchev–Trinajstić information content (AvgIpc) is 3.03. The summed E-state index contributed by atoms with van der Waals surface area (Å²) in [5.41, 5.74) is 7.07. The highest BCUT2D eigenvalue weighted by Crippen LogP contribution is 2.47. The van der Waals surface area contributed by atoms with Crippen molar-refractivity contribution >= 4 is 5.69 Å². The molecule has 0 bridgehead atoms. The van der Waals surface area contributed by atoms with Crippen molar-refractivity contribution in [1.29, 1.82) is 5.26 Å². The molecule has 1 unspecified atom stereocenters. The van der Waals surface area contributed by atoms with Gasteiger partial charge in [0.15, 0.2) is 5.75 Å². The second-order valence-electron chi connectivity index (χ2n) is 6.29. The fourth-order valence-electron chi connectivity index (χ4n) is 3.17. The van der Waals surface area contributed by atoms with Gasteiger partial charge in [-0.25, -0.2) is 0 Å². The predicted octanol–water partition coefficient (Wildman–Crippen LogP) is 2.37. The van der Waals surface area contributed by atoms with Gasteiger partial charge in [0.05, 0.1) is 23.5 Å². The van der Waals surface area contributed by atoms with Gasteiger partial charge in [0, 0.05) is 11.8 Å². The maximum absolute atomic E-state index is 11.4. The number of phenolic OH excluding ortho intramolecular Hbond substituents is 1. The lowest BCUT2D eigenvalue weighted by atomic mass is 9.82. The summed E-state index contributed by atoms with van der Waals surface area (Å²) in [4.78, 5) is 10.8. The SMILES string of the molecule is COc1c(O)cc(C2C(C#N)=C(N)Oc3n[nH]c(C(C)C)c32)cc1[N+](=O)[O-].